The number of imidazole rings is 1. The Morgan fingerprint density at radius 3 is 2.63 bits per heavy atom. The third-order valence-corrected chi connectivity index (χ3v) is 2.99. The van der Waals surface area contributed by atoms with Crippen LogP contribution < -0.4 is 11.1 Å². The van der Waals surface area contributed by atoms with Gasteiger partial charge in [0.2, 0.25) is 5.91 Å². The number of nitrogens with one attached hydrogen (secondary N) is 2. The van der Waals surface area contributed by atoms with Crippen LogP contribution in [0.1, 0.15) is 19.5 Å². The molecule has 0 radical (unpaired) electrons. The third-order valence-electron chi connectivity index (χ3n) is 2.99. The molecule has 1 aromatic heterocycles. The average molecular weight is 268 g/mol. The van der Waals surface area contributed by atoms with Crippen molar-refractivity contribution in [2.24, 2.45) is 17.6 Å². The van der Waals surface area contributed by atoms with Crippen molar-refractivity contribution in [3.05, 3.63) is 18.2 Å². The van der Waals surface area contributed by atoms with Crippen molar-refractivity contribution in [2.45, 2.75) is 26.3 Å². The Balaban J connectivity index is 2.68. The van der Waals surface area contributed by atoms with E-state index in [2.05, 4.69) is 15.3 Å². The summed E-state index contributed by atoms with van der Waals surface area (Å²) in [6.07, 6.45) is 3.16. The Morgan fingerprint density at radius 2 is 2.21 bits per heavy atom. The first-order valence-electron chi connectivity index (χ1n) is 6.16. The van der Waals surface area contributed by atoms with Crippen LogP contribution in [0.25, 0.3) is 0 Å². The smallest absolute Gasteiger partial charge is 0.326 e. The van der Waals surface area contributed by atoms with E-state index in [-0.39, 0.29) is 30.7 Å². The molecule has 1 rings (SSSR count). The van der Waals surface area contributed by atoms with Gasteiger partial charge in [0.05, 0.1) is 12.2 Å². The van der Waals surface area contributed by atoms with Crippen LogP contribution in [-0.2, 0) is 16.0 Å². The number of nitrogens with two attached hydrogens (primary N) is 1. The largest absolute Gasteiger partial charge is 0.480 e. The van der Waals surface area contributed by atoms with E-state index < -0.39 is 12.0 Å². The number of carboxylic acids is 1. The molecule has 0 saturated heterocycles. The summed E-state index contributed by atoms with van der Waals surface area (Å²) in [5.74, 6) is -1.73. The van der Waals surface area contributed by atoms with Crippen molar-refractivity contribution in [3.63, 3.8) is 0 Å². The molecule has 2 unspecified atom stereocenters. The number of aromatic nitrogens is 2. The fourth-order valence-electron chi connectivity index (χ4n) is 1.78. The fourth-order valence-corrected chi connectivity index (χ4v) is 1.78. The van der Waals surface area contributed by atoms with Gasteiger partial charge in [0, 0.05) is 24.9 Å². The molecule has 5 N–H and O–H groups in total. The lowest BCUT2D eigenvalue weighted by Gasteiger charge is -2.21. The highest BCUT2D eigenvalue weighted by Gasteiger charge is 2.26. The normalized spacial score (nSPS) is 14.1. The molecule has 106 valence electrons. The number of hydrogen-bond acceptors (Lipinski definition) is 4. The number of hydrogen-bond donors (Lipinski definition) is 4. The first-order valence-corrected chi connectivity index (χ1v) is 6.16. The molecular formula is C12H20N4O3. The zero-order chi connectivity index (χ0) is 14.4. The maximum Gasteiger partial charge on any atom is 0.326 e. The molecule has 0 aliphatic heterocycles. The first kappa shape index (κ1) is 15.2. The van der Waals surface area contributed by atoms with Crippen LogP contribution in [0, 0.1) is 11.8 Å². The number of H-pyrrole nitrogens is 1. The molecule has 0 saturated carbocycles. The summed E-state index contributed by atoms with van der Waals surface area (Å²) in [5.41, 5.74) is 6.19. The van der Waals surface area contributed by atoms with Gasteiger partial charge in [0.1, 0.15) is 6.04 Å². The Labute approximate surface area is 111 Å². The van der Waals surface area contributed by atoms with Gasteiger partial charge in [0.25, 0.3) is 0 Å². The maximum absolute atomic E-state index is 12.0. The highest BCUT2D eigenvalue weighted by molar-refractivity contribution is 5.85. The third kappa shape index (κ3) is 4.36. The second-order valence-electron chi connectivity index (χ2n) is 4.77. The molecule has 1 heterocycles. The lowest BCUT2D eigenvalue weighted by molar-refractivity contribution is -0.142. The van der Waals surface area contributed by atoms with Gasteiger partial charge >= 0.3 is 5.97 Å². The topological polar surface area (TPSA) is 121 Å². The van der Waals surface area contributed by atoms with Crippen molar-refractivity contribution in [1.29, 1.82) is 0 Å². The molecule has 0 aliphatic carbocycles. The van der Waals surface area contributed by atoms with Crippen LogP contribution in [0.2, 0.25) is 0 Å². The van der Waals surface area contributed by atoms with Gasteiger partial charge < -0.3 is 21.1 Å². The van der Waals surface area contributed by atoms with Gasteiger partial charge in [-0.3, -0.25) is 4.79 Å². The number of aliphatic carboxylic acids is 1. The second-order valence-corrected chi connectivity index (χ2v) is 4.77. The number of carbonyl (C=O) groups excluding carboxylic acids is 1. The molecule has 0 spiro atoms. The molecule has 1 amide bonds. The maximum atomic E-state index is 12.0. The summed E-state index contributed by atoms with van der Waals surface area (Å²) in [5, 5.41) is 11.7. The quantitative estimate of drug-likeness (QED) is 0.543. The summed E-state index contributed by atoms with van der Waals surface area (Å²) in [6.45, 7) is 3.95. The van der Waals surface area contributed by atoms with Crippen molar-refractivity contribution >= 4 is 11.9 Å². The van der Waals surface area contributed by atoms with Gasteiger partial charge in [-0.1, -0.05) is 13.8 Å². The standard InChI is InChI=1S/C12H20N4O3/c1-7(2)9(4-13)11(17)16-10(12(18)19)3-8-5-14-6-15-8/h5-7,9-10H,3-4,13H2,1-2H3,(H,14,15)(H,16,17)(H,18,19). The highest BCUT2D eigenvalue weighted by Crippen LogP contribution is 2.10. The zero-order valence-electron chi connectivity index (χ0n) is 11.1. The van der Waals surface area contributed by atoms with E-state index >= 15 is 0 Å². The molecule has 0 aliphatic rings. The average Bonchev–Trinajstić information content (AvgIpc) is 2.81. The van der Waals surface area contributed by atoms with Crippen molar-refractivity contribution < 1.29 is 14.7 Å². The Bertz CT molecular complexity index is 417. The predicted molar refractivity (Wildman–Crippen MR) is 69.2 cm³/mol. The van der Waals surface area contributed by atoms with Crippen LogP contribution in [0.5, 0.6) is 0 Å². The minimum absolute atomic E-state index is 0.0617. The van der Waals surface area contributed by atoms with Gasteiger partial charge in [-0.15, -0.1) is 0 Å². The first-order chi connectivity index (χ1) is 8.95. The van der Waals surface area contributed by atoms with E-state index in [0.717, 1.165) is 0 Å². The lowest BCUT2D eigenvalue weighted by atomic mass is 9.94. The van der Waals surface area contributed by atoms with E-state index in [9.17, 15) is 9.59 Å². The number of nitrogens with zero attached hydrogens (tertiary/aromatic N) is 1. The molecule has 7 heteroatoms. The second kappa shape index (κ2) is 6.89. The number of amides is 1. The molecular weight excluding hydrogens is 248 g/mol. The molecule has 0 fully saturated rings. The Morgan fingerprint density at radius 1 is 1.53 bits per heavy atom. The number of carboxylic acid groups (broad SMARTS) is 1. The van der Waals surface area contributed by atoms with Crippen LogP contribution in [0.3, 0.4) is 0 Å². The SMILES string of the molecule is CC(C)C(CN)C(=O)NC(Cc1cnc[nH]1)C(=O)O. The minimum atomic E-state index is -1.08. The van der Waals surface area contributed by atoms with Crippen LogP contribution >= 0.6 is 0 Å². The summed E-state index contributed by atoms with van der Waals surface area (Å²) in [4.78, 5) is 29.8. The fraction of sp³-hybridized carbons (Fsp3) is 0.583. The monoisotopic (exact) mass is 268 g/mol. The van der Waals surface area contributed by atoms with Crippen molar-refractivity contribution in [1.82, 2.24) is 15.3 Å². The summed E-state index contributed by atoms with van der Waals surface area (Å²) < 4.78 is 0. The van der Waals surface area contributed by atoms with Crippen LogP contribution in [-0.4, -0.2) is 39.5 Å². The minimum Gasteiger partial charge on any atom is -0.480 e. The van der Waals surface area contributed by atoms with Gasteiger partial charge in [-0.25, -0.2) is 9.78 Å². The number of aromatic amines is 1. The van der Waals surface area contributed by atoms with Gasteiger partial charge in [0.15, 0.2) is 0 Å². The van der Waals surface area contributed by atoms with E-state index in [1.807, 2.05) is 13.8 Å². The van der Waals surface area contributed by atoms with Crippen LogP contribution in [0.4, 0.5) is 0 Å². The summed E-state index contributed by atoms with van der Waals surface area (Å²) >= 11 is 0. The predicted octanol–water partition coefficient (Wildman–Crippen LogP) is -0.247. The van der Waals surface area contributed by atoms with E-state index in [1.54, 1.807) is 0 Å². The van der Waals surface area contributed by atoms with E-state index in [4.69, 9.17) is 10.8 Å². The molecule has 1 aromatic rings. The number of carbonyl (C=O) groups is 2. The molecule has 0 bridgehead atoms. The molecule has 19 heavy (non-hydrogen) atoms. The molecule has 2 atom stereocenters. The molecule has 0 aromatic carbocycles. The van der Waals surface area contributed by atoms with E-state index in [0.29, 0.717) is 5.69 Å². The molecule has 7 nitrogen and oxygen atoms in total. The van der Waals surface area contributed by atoms with Crippen molar-refractivity contribution in [2.75, 3.05) is 6.54 Å². The van der Waals surface area contributed by atoms with Gasteiger partial charge in [-0.2, -0.15) is 0 Å². The van der Waals surface area contributed by atoms with Gasteiger partial charge in [-0.05, 0) is 5.92 Å². The summed E-state index contributed by atoms with van der Waals surface area (Å²) in [6, 6.07) is -0.985. The Kier molecular flexibility index (Phi) is 5.50. The van der Waals surface area contributed by atoms with E-state index in [1.165, 1.54) is 12.5 Å². The van der Waals surface area contributed by atoms with Crippen LogP contribution in [0.15, 0.2) is 12.5 Å². The summed E-state index contributed by atoms with van der Waals surface area (Å²) in [7, 11) is 0. The highest BCUT2D eigenvalue weighted by atomic mass is 16.4. The Hall–Kier alpha value is -1.89. The zero-order valence-corrected chi connectivity index (χ0v) is 11.1. The van der Waals surface area contributed by atoms with Crippen molar-refractivity contribution in [3.8, 4) is 0 Å². The number of rotatable bonds is 7. The lowest BCUT2D eigenvalue weighted by Crippen LogP contribution is -2.47.